The highest BCUT2D eigenvalue weighted by atomic mass is 19.1. The average molecular weight is 253 g/mol. The largest absolute Gasteiger partial charge is 0.496 e. The number of hydrogen-bond acceptors (Lipinski definition) is 2. The van der Waals surface area contributed by atoms with Gasteiger partial charge in [-0.15, -0.1) is 0 Å². The van der Waals surface area contributed by atoms with Crippen LogP contribution in [0.3, 0.4) is 0 Å². The molecule has 2 atom stereocenters. The van der Waals surface area contributed by atoms with Gasteiger partial charge in [-0.2, -0.15) is 0 Å². The number of methoxy groups -OCH3 is 1. The molecule has 3 heteroatoms. The second-order valence-corrected chi connectivity index (χ2v) is 5.14. The molecular formula is C15H24FNO. The van der Waals surface area contributed by atoms with Crippen molar-refractivity contribution in [3.05, 3.63) is 29.6 Å². The van der Waals surface area contributed by atoms with Gasteiger partial charge in [0.15, 0.2) is 0 Å². The van der Waals surface area contributed by atoms with Crippen molar-refractivity contribution in [3.63, 3.8) is 0 Å². The maximum Gasteiger partial charge on any atom is 0.123 e. The highest BCUT2D eigenvalue weighted by molar-refractivity contribution is 5.37. The Morgan fingerprint density at radius 3 is 2.50 bits per heavy atom. The number of ether oxygens (including phenoxy) is 1. The number of rotatable bonds is 6. The van der Waals surface area contributed by atoms with E-state index < -0.39 is 0 Å². The van der Waals surface area contributed by atoms with E-state index in [-0.39, 0.29) is 11.7 Å². The van der Waals surface area contributed by atoms with Gasteiger partial charge < -0.3 is 9.64 Å². The first-order valence-electron chi connectivity index (χ1n) is 6.47. The standard InChI is InChI=1S/C15H24FNO/c1-6-11(2)14(10-17(3)4)13-9-12(16)7-8-15(13)18-5/h7-9,11,14H,6,10H2,1-5H3. The lowest BCUT2D eigenvalue weighted by atomic mass is 9.84. The van der Waals surface area contributed by atoms with Gasteiger partial charge in [0.1, 0.15) is 11.6 Å². The Kier molecular flexibility index (Phi) is 5.60. The molecule has 0 saturated heterocycles. The molecule has 18 heavy (non-hydrogen) atoms. The van der Waals surface area contributed by atoms with E-state index in [0.29, 0.717) is 5.92 Å². The third kappa shape index (κ3) is 3.70. The van der Waals surface area contributed by atoms with Crippen LogP contribution in [-0.2, 0) is 0 Å². The lowest BCUT2D eigenvalue weighted by molar-refractivity contribution is 0.305. The molecule has 0 heterocycles. The molecule has 0 amide bonds. The van der Waals surface area contributed by atoms with E-state index in [2.05, 4.69) is 18.7 Å². The highest BCUT2D eigenvalue weighted by Gasteiger charge is 2.22. The summed E-state index contributed by atoms with van der Waals surface area (Å²) in [5.74, 6) is 1.36. The molecule has 1 aromatic carbocycles. The van der Waals surface area contributed by atoms with Gasteiger partial charge >= 0.3 is 0 Å². The molecule has 0 fully saturated rings. The lowest BCUT2D eigenvalue weighted by Crippen LogP contribution is -2.25. The van der Waals surface area contributed by atoms with Gasteiger partial charge in [-0.05, 0) is 38.2 Å². The Morgan fingerprint density at radius 1 is 1.33 bits per heavy atom. The van der Waals surface area contributed by atoms with Gasteiger partial charge in [0, 0.05) is 18.0 Å². The Bertz CT molecular complexity index is 379. The molecule has 2 nitrogen and oxygen atoms in total. The number of benzene rings is 1. The van der Waals surface area contributed by atoms with Crippen molar-refractivity contribution in [1.29, 1.82) is 0 Å². The second kappa shape index (κ2) is 6.74. The van der Waals surface area contributed by atoms with E-state index in [4.69, 9.17) is 4.74 Å². The minimum atomic E-state index is -0.196. The van der Waals surface area contributed by atoms with Crippen LogP contribution in [0.4, 0.5) is 4.39 Å². The van der Waals surface area contributed by atoms with Crippen LogP contribution in [0.5, 0.6) is 5.75 Å². The molecule has 0 aromatic heterocycles. The molecule has 1 aromatic rings. The van der Waals surface area contributed by atoms with Crippen molar-refractivity contribution >= 4 is 0 Å². The third-order valence-corrected chi connectivity index (χ3v) is 3.48. The van der Waals surface area contributed by atoms with E-state index in [0.717, 1.165) is 24.3 Å². The highest BCUT2D eigenvalue weighted by Crippen LogP contribution is 2.34. The van der Waals surface area contributed by atoms with Crippen molar-refractivity contribution in [2.75, 3.05) is 27.7 Å². The number of likely N-dealkylation sites (N-methyl/N-ethyl adjacent to an activating group) is 1. The zero-order valence-electron chi connectivity index (χ0n) is 12.0. The monoisotopic (exact) mass is 253 g/mol. The van der Waals surface area contributed by atoms with Gasteiger partial charge in [0.05, 0.1) is 7.11 Å². The predicted molar refractivity (Wildman–Crippen MR) is 73.7 cm³/mol. The zero-order valence-corrected chi connectivity index (χ0v) is 12.0. The molecule has 0 aliphatic heterocycles. The fourth-order valence-electron chi connectivity index (χ4n) is 2.26. The van der Waals surface area contributed by atoms with E-state index in [1.54, 1.807) is 19.2 Å². The molecule has 0 spiro atoms. The molecule has 0 radical (unpaired) electrons. The molecule has 0 aliphatic carbocycles. The fraction of sp³-hybridized carbons (Fsp3) is 0.600. The summed E-state index contributed by atoms with van der Waals surface area (Å²) in [4.78, 5) is 2.14. The predicted octanol–water partition coefficient (Wildman–Crippen LogP) is 3.53. The van der Waals surface area contributed by atoms with Gasteiger partial charge in [-0.3, -0.25) is 0 Å². The van der Waals surface area contributed by atoms with Crippen LogP contribution in [0.25, 0.3) is 0 Å². The molecule has 0 N–H and O–H groups in total. The summed E-state index contributed by atoms with van der Waals surface area (Å²) < 4.78 is 18.9. The summed E-state index contributed by atoms with van der Waals surface area (Å²) in [6.07, 6.45) is 1.07. The molecular weight excluding hydrogens is 229 g/mol. The van der Waals surface area contributed by atoms with E-state index in [1.807, 2.05) is 14.1 Å². The van der Waals surface area contributed by atoms with Crippen LogP contribution in [0, 0.1) is 11.7 Å². The molecule has 0 saturated carbocycles. The first-order chi connectivity index (χ1) is 8.49. The Hall–Kier alpha value is -1.09. The summed E-state index contributed by atoms with van der Waals surface area (Å²) in [6.45, 7) is 5.27. The minimum Gasteiger partial charge on any atom is -0.496 e. The van der Waals surface area contributed by atoms with Crippen LogP contribution in [0.15, 0.2) is 18.2 Å². The summed E-state index contributed by atoms with van der Waals surface area (Å²) >= 11 is 0. The van der Waals surface area contributed by atoms with Gasteiger partial charge in [-0.25, -0.2) is 4.39 Å². The van der Waals surface area contributed by atoms with Crippen molar-refractivity contribution in [2.24, 2.45) is 5.92 Å². The van der Waals surface area contributed by atoms with Crippen LogP contribution in [-0.4, -0.2) is 32.6 Å². The maximum atomic E-state index is 13.5. The first kappa shape index (κ1) is 15.0. The molecule has 0 aliphatic rings. The number of hydrogen-bond donors (Lipinski definition) is 0. The SMILES string of the molecule is CCC(C)C(CN(C)C)c1cc(F)ccc1OC. The van der Waals surface area contributed by atoms with Crippen LogP contribution in [0.2, 0.25) is 0 Å². The Balaban J connectivity index is 3.14. The third-order valence-electron chi connectivity index (χ3n) is 3.48. The fourth-order valence-corrected chi connectivity index (χ4v) is 2.26. The van der Waals surface area contributed by atoms with Crippen molar-refractivity contribution in [3.8, 4) is 5.75 Å². The molecule has 102 valence electrons. The van der Waals surface area contributed by atoms with Crippen LogP contribution < -0.4 is 4.74 Å². The molecule has 2 unspecified atom stereocenters. The number of nitrogens with zero attached hydrogens (tertiary/aromatic N) is 1. The quantitative estimate of drug-likeness (QED) is 0.769. The van der Waals surface area contributed by atoms with Crippen molar-refractivity contribution in [2.45, 2.75) is 26.2 Å². The van der Waals surface area contributed by atoms with Crippen molar-refractivity contribution < 1.29 is 9.13 Å². The second-order valence-electron chi connectivity index (χ2n) is 5.14. The topological polar surface area (TPSA) is 12.5 Å². The van der Waals surface area contributed by atoms with E-state index in [1.165, 1.54) is 6.07 Å². The van der Waals surface area contributed by atoms with Crippen molar-refractivity contribution in [1.82, 2.24) is 4.90 Å². The number of halogens is 1. The van der Waals surface area contributed by atoms with Crippen LogP contribution >= 0.6 is 0 Å². The summed E-state index contributed by atoms with van der Waals surface area (Å²) in [7, 11) is 5.72. The summed E-state index contributed by atoms with van der Waals surface area (Å²) in [6, 6.07) is 4.78. The maximum absolute atomic E-state index is 13.5. The molecule has 0 bridgehead atoms. The van der Waals surface area contributed by atoms with Gasteiger partial charge in [-0.1, -0.05) is 20.3 Å². The summed E-state index contributed by atoms with van der Waals surface area (Å²) in [5, 5.41) is 0. The lowest BCUT2D eigenvalue weighted by Gasteiger charge is -2.28. The van der Waals surface area contributed by atoms with Crippen LogP contribution in [0.1, 0.15) is 31.7 Å². The Labute approximate surface area is 110 Å². The smallest absolute Gasteiger partial charge is 0.123 e. The minimum absolute atomic E-state index is 0.196. The molecule has 1 rings (SSSR count). The van der Waals surface area contributed by atoms with E-state index in [9.17, 15) is 4.39 Å². The first-order valence-corrected chi connectivity index (χ1v) is 6.47. The zero-order chi connectivity index (χ0) is 13.7. The summed E-state index contributed by atoms with van der Waals surface area (Å²) in [5.41, 5.74) is 0.973. The van der Waals surface area contributed by atoms with E-state index >= 15 is 0 Å². The average Bonchev–Trinajstić information content (AvgIpc) is 2.34. The van der Waals surface area contributed by atoms with Gasteiger partial charge in [0.25, 0.3) is 0 Å². The normalized spacial score (nSPS) is 14.6. The Morgan fingerprint density at radius 2 is 2.00 bits per heavy atom. The van der Waals surface area contributed by atoms with Gasteiger partial charge in [0.2, 0.25) is 0 Å².